The summed E-state index contributed by atoms with van der Waals surface area (Å²) in [6, 6.07) is 6.06. The van der Waals surface area contributed by atoms with Crippen LogP contribution >= 0.6 is 0 Å². The fourth-order valence-corrected chi connectivity index (χ4v) is 3.38. The number of hydrogen-bond donors (Lipinski definition) is 2. The van der Waals surface area contributed by atoms with Gasteiger partial charge in [-0.25, -0.2) is 0 Å². The zero-order valence-electron chi connectivity index (χ0n) is 14.0. The number of fused-ring (bicyclic) bond motifs is 3. The highest BCUT2D eigenvalue weighted by Gasteiger charge is 2.19. The normalized spacial score (nSPS) is 14.1. The van der Waals surface area contributed by atoms with E-state index in [2.05, 4.69) is 26.6 Å². The first-order valence-electron chi connectivity index (χ1n) is 8.49. The number of aromatic nitrogens is 4. The number of nitrogens with one attached hydrogen (secondary N) is 2. The van der Waals surface area contributed by atoms with Crippen LogP contribution in [0.4, 0.5) is 5.82 Å². The van der Waals surface area contributed by atoms with Crippen LogP contribution in [-0.4, -0.2) is 25.9 Å². The molecule has 0 atom stereocenters. The van der Waals surface area contributed by atoms with Gasteiger partial charge in [0.05, 0.1) is 23.3 Å². The SMILES string of the molecule is CC(C)n1ncc(NC(=O)c2cccc3c4c([nH]c23)CCCC4)n1. The van der Waals surface area contributed by atoms with Crippen molar-refractivity contribution in [3.05, 3.63) is 41.2 Å². The molecule has 0 bridgehead atoms. The van der Waals surface area contributed by atoms with Crippen LogP contribution in [0, 0.1) is 0 Å². The number of carbonyl (C=O) groups is 1. The molecule has 0 unspecified atom stereocenters. The van der Waals surface area contributed by atoms with Gasteiger partial charge in [-0.15, -0.1) is 5.10 Å². The molecule has 124 valence electrons. The molecule has 0 saturated carbocycles. The maximum absolute atomic E-state index is 12.7. The second kappa shape index (κ2) is 5.78. The lowest BCUT2D eigenvalue weighted by Gasteiger charge is -2.10. The van der Waals surface area contributed by atoms with Crippen molar-refractivity contribution in [2.75, 3.05) is 5.32 Å². The number of aromatic amines is 1. The monoisotopic (exact) mass is 323 g/mol. The lowest BCUT2D eigenvalue weighted by Crippen LogP contribution is -2.13. The number of H-pyrrole nitrogens is 1. The van der Waals surface area contributed by atoms with Crippen molar-refractivity contribution in [1.82, 2.24) is 20.0 Å². The Kier molecular flexibility index (Phi) is 3.59. The Hall–Kier alpha value is -2.63. The number of anilines is 1. The number of aryl methyl sites for hydroxylation is 2. The smallest absolute Gasteiger partial charge is 0.259 e. The largest absolute Gasteiger partial charge is 0.358 e. The van der Waals surface area contributed by atoms with E-state index in [0.29, 0.717) is 11.4 Å². The molecule has 0 aliphatic heterocycles. The van der Waals surface area contributed by atoms with Gasteiger partial charge in [0.2, 0.25) is 0 Å². The minimum Gasteiger partial charge on any atom is -0.358 e. The Morgan fingerprint density at radius 1 is 1.29 bits per heavy atom. The summed E-state index contributed by atoms with van der Waals surface area (Å²) in [5, 5.41) is 12.5. The van der Waals surface area contributed by atoms with Crippen LogP contribution in [0.5, 0.6) is 0 Å². The molecule has 24 heavy (non-hydrogen) atoms. The molecule has 1 aliphatic rings. The molecule has 0 fully saturated rings. The van der Waals surface area contributed by atoms with Crippen molar-refractivity contribution >= 4 is 22.6 Å². The first-order valence-corrected chi connectivity index (χ1v) is 8.49. The van der Waals surface area contributed by atoms with Gasteiger partial charge in [-0.3, -0.25) is 4.79 Å². The zero-order valence-corrected chi connectivity index (χ0v) is 14.0. The fraction of sp³-hybridized carbons (Fsp3) is 0.389. The third-order valence-electron chi connectivity index (χ3n) is 4.59. The van der Waals surface area contributed by atoms with E-state index in [9.17, 15) is 4.79 Å². The van der Waals surface area contributed by atoms with Crippen molar-refractivity contribution in [2.24, 2.45) is 0 Å². The van der Waals surface area contributed by atoms with Crippen LogP contribution in [0.3, 0.4) is 0 Å². The van der Waals surface area contributed by atoms with E-state index in [-0.39, 0.29) is 11.9 Å². The minimum absolute atomic E-state index is 0.157. The molecule has 1 aliphatic carbocycles. The van der Waals surface area contributed by atoms with E-state index in [4.69, 9.17) is 0 Å². The summed E-state index contributed by atoms with van der Waals surface area (Å²) in [6.07, 6.45) is 6.16. The number of nitrogens with zero attached hydrogens (tertiary/aromatic N) is 3. The third-order valence-corrected chi connectivity index (χ3v) is 4.59. The molecule has 6 heteroatoms. The van der Waals surface area contributed by atoms with Gasteiger partial charge in [0.15, 0.2) is 5.82 Å². The summed E-state index contributed by atoms with van der Waals surface area (Å²) in [5.74, 6) is 0.317. The molecule has 2 aromatic heterocycles. The van der Waals surface area contributed by atoms with Gasteiger partial charge >= 0.3 is 0 Å². The summed E-state index contributed by atoms with van der Waals surface area (Å²) in [7, 11) is 0. The summed E-state index contributed by atoms with van der Waals surface area (Å²) >= 11 is 0. The van der Waals surface area contributed by atoms with Gasteiger partial charge in [0, 0.05) is 11.1 Å². The van der Waals surface area contributed by atoms with Crippen LogP contribution < -0.4 is 5.32 Å². The average molecular weight is 323 g/mol. The molecule has 0 spiro atoms. The maximum atomic E-state index is 12.7. The van der Waals surface area contributed by atoms with Crippen LogP contribution in [0.1, 0.15) is 54.3 Å². The number of carbonyl (C=O) groups excluding carboxylic acids is 1. The molecule has 2 heterocycles. The van der Waals surface area contributed by atoms with Crippen molar-refractivity contribution in [1.29, 1.82) is 0 Å². The summed E-state index contributed by atoms with van der Waals surface area (Å²) < 4.78 is 0. The van der Waals surface area contributed by atoms with Crippen molar-refractivity contribution in [3.63, 3.8) is 0 Å². The molecule has 3 aromatic rings. The minimum atomic E-state index is -0.157. The number of amides is 1. The van der Waals surface area contributed by atoms with Crippen LogP contribution in [0.15, 0.2) is 24.4 Å². The Morgan fingerprint density at radius 3 is 2.92 bits per heavy atom. The first kappa shape index (κ1) is 14.9. The summed E-state index contributed by atoms with van der Waals surface area (Å²) in [6.45, 7) is 3.99. The Balaban J connectivity index is 1.67. The highest BCUT2D eigenvalue weighted by atomic mass is 16.1. The molecule has 1 aromatic carbocycles. The van der Waals surface area contributed by atoms with E-state index in [1.807, 2.05) is 26.0 Å². The fourth-order valence-electron chi connectivity index (χ4n) is 3.38. The van der Waals surface area contributed by atoms with Gasteiger partial charge in [-0.2, -0.15) is 9.90 Å². The first-order chi connectivity index (χ1) is 11.6. The van der Waals surface area contributed by atoms with E-state index in [1.54, 1.807) is 11.0 Å². The van der Waals surface area contributed by atoms with Crippen LogP contribution in [-0.2, 0) is 12.8 Å². The van der Waals surface area contributed by atoms with E-state index in [1.165, 1.54) is 29.5 Å². The number of benzene rings is 1. The van der Waals surface area contributed by atoms with Crippen molar-refractivity contribution in [2.45, 2.75) is 45.6 Å². The average Bonchev–Trinajstić information content (AvgIpc) is 3.18. The van der Waals surface area contributed by atoms with E-state index >= 15 is 0 Å². The third kappa shape index (κ3) is 2.48. The van der Waals surface area contributed by atoms with E-state index < -0.39 is 0 Å². The predicted molar refractivity (Wildman–Crippen MR) is 93.3 cm³/mol. The Morgan fingerprint density at radius 2 is 2.12 bits per heavy atom. The van der Waals surface area contributed by atoms with Crippen molar-refractivity contribution in [3.8, 4) is 0 Å². The van der Waals surface area contributed by atoms with Gasteiger partial charge in [0.1, 0.15) is 0 Å². The number of para-hydroxylation sites is 1. The second-order valence-electron chi connectivity index (χ2n) is 6.62. The molecular weight excluding hydrogens is 302 g/mol. The molecular formula is C18H21N5O. The second-order valence-corrected chi connectivity index (χ2v) is 6.62. The van der Waals surface area contributed by atoms with Gasteiger partial charge in [0.25, 0.3) is 5.91 Å². The van der Waals surface area contributed by atoms with Gasteiger partial charge in [-0.1, -0.05) is 12.1 Å². The molecule has 0 radical (unpaired) electrons. The highest BCUT2D eigenvalue weighted by molar-refractivity contribution is 6.12. The molecule has 4 rings (SSSR count). The molecule has 0 saturated heterocycles. The highest BCUT2D eigenvalue weighted by Crippen LogP contribution is 2.31. The standard InChI is InChI=1S/C18H21N5O/c1-11(2)23-19-10-16(22-23)21-18(24)14-8-5-7-13-12-6-3-4-9-15(12)20-17(13)14/h5,7-8,10-11,20H,3-4,6,9H2,1-2H3,(H,21,22,24). The molecule has 1 amide bonds. The quantitative estimate of drug-likeness (QED) is 0.775. The van der Waals surface area contributed by atoms with E-state index in [0.717, 1.165) is 18.4 Å². The number of hydrogen-bond acceptors (Lipinski definition) is 3. The topological polar surface area (TPSA) is 75.6 Å². The lowest BCUT2D eigenvalue weighted by molar-refractivity contribution is 0.102. The van der Waals surface area contributed by atoms with Crippen molar-refractivity contribution < 1.29 is 4.79 Å². The van der Waals surface area contributed by atoms with Gasteiger partial charge < -0.3 is 10.3 Å². The molecule has 6 nitrogen and oxygen atoms in total. The van der Waals surface area contributed by atoms with Crippen LogP contribution in [0.25, 0.3) is 10.9 Å². The van der Waals surface area contributed by atoms with Crippen LogP contribution in [0.2, 0.25) is 0 Å². The Labute approximate surface area is 140 Å². The lowest BCUT2D eigenvalue weighted by atomic mass is 9.95. The number of rotatable bonds is 3. The van der Waals surface area contributed by atoms with Gasteiger partial charge in [-0.05, 0) is 51.2 Å². The molecule has 2 N–H and O–H groups in total. The summed E-state index contributed by atoms with van der Waals surface area (Å²) in [5.41, 5.74) is 4.23. The Bertz CT molecular complexity index is 905. The summed E-state index contributed by atoms with van der Waals surface area (Å²) in [4.78, 5) is 17.8. The predicted octanol–water partition coefficient (Wildman–Crippen LogP) is 3.47. The maximum Gasteiger partial charge on any atom is 0.259 e. The zero-order chi connectivity index (χ0) is 16.7.